The summed E-state index contributed by atoms with van der Waals surface area (Å²) in [6.07, 6.45) is 2.14. The molecule has 0 aliphatic rings. The Hall–Kier alpha value is -1.49. The van der Waals surface area contributed by atoms with Gasteiger partial charge in [-0.25, -0.2) is 8.78 Å². The highest BCUT2D eigenvalue weighted by molar-refractivity contribution is 5.69. The third-order valence-corrected chi connectivity index (χ3v) is 3.38. The van der Waals surface area contributed by atoms with Crippen molar-refractivity contribution in [2.45, 2.75) is 45.7 Å². The molecule has 2 unspecified atom stereocenters. The Morgan fingerprint density at radius 3 is 2.40 bits per heavy atom. The predicted octanol–water partition coefficient (Wildman–Crippen LogP) is 3.33. The molecule has 3 nitrogen and oxygen atoms in total. The van der Waals surface area contributed by atoms with E-state index >= 15 is 0 Å². The maximum atomic E-state index is 13.4. The molecular weight excluding hydrogens is 264 g/mol. The van der Waals surface area contributed by atoms with Crippen molar-refractivity contribution < 1.29 is 18.7 Å². The molecule has 0 amide bonds. The van der Waals surface area contributed by atoms with Crippen LogP contribution >= 0.6 is 0 Å². The van der Waals surface area contributed by atoms with Crippen LogP contribution in [0.5, 0.6) is 0 Å². The quantitative estimate of drug-likeness (QED) is 0.770. The van der Waals surface area contributed by atoms with Crippen LogP contribution < -0.4 is 5.32 Å². The van der Waals surface area contributed by atoms with Gasteiger partial charge in [0.1, 0.15) is 11.6 Å². The summed E-state index contributed by atoms with van der Waals surface area (Å²) in [6, 6.07) is 3.89. The van der Waals surface area contributed by atoms with Crippen LogP contribution in [0.2, 0.25) is 0 Å². The first-order valence-electron chi connectivity index (χ1n) is 6.81. The molecule has 1 rings (SSSR count). The Labute approximate surface area is 118 Å². The molecule has 0 saturated carbocycles. The molecule has 0 fully saturated rings. The van der Waals surface area contributed by atoms with E-state index in [1.54, 1.807) is 6.92 Å². The smallest absolute Gasteiger partial charge is 0.306 e. The van der Waals surface area contributed by atoms with E-state index in [9.17, 15) is 13.6 Å². The van der Waals surface area contributed by atoms with E-state index in [1.165, 1.54) is 18.2 Å². The molecule has 0 heterocycles. The maximum Gasteiger partial charge on any atom is 0.306 e. The molecular formula is C15H21F2NO2. The van der Waals surface area contributed by atoms with Gasteiger partial charge in [-0.3, -0.25) is 4.79 Å². The van der Waals surface area contributed by atoms with Crippen LogP contribution in [0.4, 0.5) is 8.78 Å². The van der Waals surface area contributed by atoms with Gasteiger partial charge in [0.05, 0.1) is 5.92 Å². The van der Waals surface area contributed by atoms with Crippen molar-refractivity contribution in [3.05, 3.63) is 35.4 Å². The molecule has 0 bridgehead atoms. The van der Waals surface area contributed by atoms with Gasteiger partial charge in [-0.05, 0) is 31.9 Å². The summed E-state index contributed by atoms with van der Waals surface area (Å²) in [6.45, 7) is 3.73. The van der Waals surface area contributed by atoms with Crippen molar-refractivity contribution in [2.75, 3.05) is 0 Å². The van der Waals surface area contributed by atoms with E-state index in [0.29, 0.717) is 6.42 Å². The van der Waals surface area contributed by atoms with Gasteiger partial charge in [-0.15, -0.1) is 0 Å². The normalized spacial score (nSPS) is 14.0. The van der Waals surface area contributed by atoms with E-state index in [2.05, 4.69) is 5.32 Å². The van der Waals surface area contributed by atoms with Crippen LogP contribution in [-0.2, 0) is 11.3 Å². The van der Waals surface area contributed by atoms with E-state index in [0.717, 1.165) is 12.8 Å². The molecule has 1 aromatic carbocycles. The zero-order valence-corrected chi connectivity index (χ0v) is 11.8. The average Bonchev–Trinajstić information content (AvgIpc) is 2.37. The number of carboxylic acid groups (broad SMARTS) is 1. The molecule has 5 heteroatoms. The van der Waals surface area contributed by atoms with Crippen molar-refractivity contribution in [1.29, 1.82) is 0 Å². The molecule has 1 aromatic rings. The van der Waals surface area contributed by atoms with Crippen LogP contribution in [0.1, 0.15) is 38.7 Å². The molecule has 0 aliphatic carbocycles. The molecule has 0 spiro atoms. The molecule has 2 N–H and O–H groups in total. The third kappa shape index (κ3) is 5.25. The number of carbonyl (C=O) groups is 1. The number of aliphatic carboxylic acids is 1. The second-order valence-corrected chi connectivity index (χ2v) is 5.15. The van der Waals surface area contributed by atoms with E-state index in [-0.39, 0.29) is 24.1 Å². The lowest BCUT2D eigenvalue weighted by Gasteiger charge is -2.15. The Morgan fingerprint density at radius 1 is 1.25 bits per heavy atom. The molecule has 0 saturated heterocycles. The van der Waals surface area contributed by atoms with Gasteiger partial charge in [0, 0.05) is 18.2 Å². The van der Waals surface area contributed by atoms with Crippen LogP contribution in [0.15, 0.2) is 18.2 Å². The van der Waals surface area contributed by atoms with Gasteiger partial charge < -0.3 is 10.4 Å². The van der Waals surface area contributed by atoms with Crippen molar-refractivity contribution in [1.82, 2.24) is 5.32 Å². The number of benzene rings is 1. The van der Waals surface area contributed by atoms with Crippen molar-refractivity contribution >= 4 is 5.97 Å². The first-order chi connectivity index (χ1) is 9.41. The molecule has 2 atom stereocenters. The van der Waals surface area contributed by atoms with Gasteiger partial charge in [0.2, 0.25) is 0 Å². The van der Waals surface area contributed by atoms with Crippen LogP contribution in [0.3, 0.4) is 0 Å². The van der Waals surface area contributed by atoms with E-state index in [4.69, 9.17) is 5.11 Å². The summed E-state index contributed by atoms with van der Waals surface area (Å²) >= 11 is 0. The Balaban J connectivity index is 2.33. The standard InChI is InChI=1S/C15H21F2NO2/c1-10(15(19)20)5-3-6-11(2)18-9-12-13(16)7-4-8-14(12)17/h4,7-8,10-11,18H,3,5-6,9H2,1-2H3,(H,19,20). The molecule has 112 valence electrons. The zero-order valence-electron chi connectivity index (χ0n) is 11.8. The fourth-order valence-electron chi connectivity index (χ4n) is 1.93. The van der Waals surface area contributed by atoms with Crippen LogP contribution in [0.25, 0.3) is 0 Å². The number of carboxylic acids is 1. The highest BCUT2D eigenvalue weighted by Crippen LogP contribution is 2.13. The predicted molar refractivity (Wildman–Crippen MR) is 73.3 cm³/mol. The van der Waals surface area contributed by atoms with Crippen molar-refractivity contribution in [2.24, 2.45) is 5.92 Å². The van der Waals surface area contributed by atoms with Crippen molar-refractivity contribution in [3.8, 4) is 0 Å². The lowest BCUT2D eigenvalue weighted by atomic mass is 10.0. The monoisotopic (exact) mass is 285 g/mol. The van der Waals surface area contributed by atoms with Gasteiger partial charge in [-0.1, -0.05) is 19.4 Å². The van der Waals surface area contributed by atoms with E-state index < -0.39 is 17.6 Å². The Kier molecular flexibility index (Phi) is 6.58. The summed E-state index contributed by atoms with van der Waals surface area (Å²) in [5.41, 5.74) is 0.0401. The number of hydrogen-bond donors (Lipinski definition) is 2. The number of rotatable bonds is 8. The van der Waals surface area contributed by atoms with Gasteiger partial charge in [0.25, 0.3) is 0 Å². The minimum atomic E-state index is -0.793. The first-order valence-corrected chi connectivity index (χ1v) is 6.81. The lowest BCUT2D eigenvalue weighted by Crippen LogP contribution is -2.26. The summed E-state index contributed by atoms with van der Waals surface area (Å²) in [7, 11) is 0. The average molecular weight is 285 g/mol. The second kappa shape index (κ2) is 7.94. The summed E-state index contributed by atoms with van der Waals surface area (Å²) in [4.78, 5) is 10.7. The fourth-order valence-corrected chi connectivity index (χ4v) is 1.93. The van der Waals surface area contributed by atoms with Crippen LogP contribution in [0, 0.1) is 17.6 Å². The third-order valence-electron chi connectivity index (χ3n) is 3.38. The Morgan fingerprint density at radius 2 is 1.85 bits per heavy atom. The molecule has 20 heavy (non-hydrogen) atoms. The molecule has 0 aliphatic heterocycles. The number of halogens is 2. The SMILES string of the molecule is CC(CCCC(C)C(=O)O)NCc1c(F)cccc1F. The van der Waals surface area contributed by atoms with Crippen molar-refractivity contribution in [3.63, 3.8) is 0 Å². The largest absolute Gasteiger partial charge is 0.481 e. The summed E-state index contributed by atoms with van der Waals surface area (Å²) < 4.78 is 26.8. The number of hydrogen-bond acceptors (Lipinski definition) is 2. The minimum absolute atomic E-state index is 0.0401. The zero-order chi connectivity index (χ0) is 15.1. The molecule has 0 radical (unpaired) electrons. The van der Waals surface area contributed by atoms with Gasteiger partial charge >= 0.3 is 5.97 Å². The van der Waals surface area contributed by atoms with Crippen LogP contribution in [-0.4, -0.2) is 17.1 Å². The summed E-state index contributed by atoms with van der Waals surface area (Å²) in [5, 5.41) is 11.8. The minimum Gasteiger partial charge on any atom is -0.481 e. The summed E-state index contributed by atoms with van der Waals surface area (Å²) in [5.74, 6) is -2.25. The maximum absolute atomic E-state index is 13.4. The highest BCUT2D eigenvalue weighted by Gasteiger charge is 2.12. The number of nitrogens with one attached hydrogen (secondary N) is 1. The second-order valence-electron chi connectivity index (χ2n) is 5.15. The highest BCUT2D eigenvalue weighted by atomic mass is 19.1. The van der Waals surface area contributed by atoms with Gasteiger partial charge in [-0.2, -0.15) is 0 Å². The Bertz CT molecular complexity index is 431. The lowest BCUT2D eigenvalue weighted by molar-refractivity contribution is -0.141. The van der Waals surface area contributed by atoms with E-state index in [1.807, 2.05) is 6.92 Å². The first kappa shape index (κ1) is 16.6. The van der Waals surface area contributed by atoms with Gasteiger partial charge in [0.15, 0.2) is 0 Å². The fraction of sp³-hybridized carbons (Fsp3) is 0.533. The molecule has 0 aromatic heterocycles. The topological polar surface area (TPSA) is 49.3 Å².